The number of hydrogen-bond acceptors (Lipinski definition) is 4. The van der Waals surface area contributed by atoms with E-state index in [1.165, 1.54) is 0 Å². The summed E-state index contributed by atoms with van der Waals surface area (Å²) in [5.41, 5.74) is 0.843. The number of hydrogen-bond donors (Lipinski definition) is 1. The lowest BCUT2D eigenvalue weighted by atomic mass is 10.2. The highest BCUT2D eigenvalue weighted by atomic mass is 35.5. The Labute approximate surface area is 104 Å². The number of ether oxygens (including phenoxy) is 3. The van der Waals surface area contributed by atoms with Crippen molar-refractivity contribution >= 4 is 17.7 Å². The minimum atomic E-state index is -0.483. The molecule has 0 fully saturated rings. The second kappa shape index (κ2) is 5.63. The molecule has 6 heteroatoms. The first-order chi connectivity index (χ1) is 8.29. The van der Waals surface area contributed by atoms with Crippen molar-refractivity contribution in [2.24, 2.45) is 0 Å². The van der Waals surface area contributed by atoms with Gasteiger partial charge in [0, 0.05) is 12.4 Å². The van der Waals surface area contributed by atoms with Crippen LogP contribution in [0.4, 0.5) is 4.79 Å². The fourth-order valence-corrected chi connectivity index (χ4v) is 1.47. The van der Waals surface area contributed by atoms with E-state index in [1.54, 1.807) is 12.1 Å². The highest BCUT2D eigenvalue weighted by molar-refractivity contribution is 6.18. The SMILES string of the molecule is O=C(NCCCl)OCc1ccc2c(c1)OCO2. The summed E-state index contributed by atoms with van der Waals surface area (Å²) in [7, 11) is 0. The number of amides is 1. The van der Waals surface area contributed by atoms with E-state index in [0.717, 1.165) is 5.56 Å². The molecule has 0 radical (unpaired) electrons. The number of nitrogens with one attached hydrogen (secondary N) is 1. The molecule has 92 valence electrons. The Bertz CT molecular complexity index is 410. The maximum absolute atomic E-state index is 11.2. The predicted octanol–water partition coefficient (Wildman–Crippen LogP) is 1.88. The fourth-order valence-electron chi connectivity index (χ4n) is 1.38. The zero-order chi connectivity index (χ0) is 12.1. The van der Waals surface area contributed by atoms with E-state index in [1.807, 2.05) is 6.07 Å². The molecule has 0 atom stereocenters. The molecular formula is C11H12ClNO4. The monoisotopic (exact) mass is 257 g/mol. The predicted molar refractivity (Wildman–Crippen MR) is 61.5 cm³/mol. The molecule has 2 rings (SSSR count). The van der Waals surface area contributed by atoms with Crippen LogP contribution in [0.1, 0.15) is 5.56 Å². The van der Waals surface area contributed by atoms with Gasteiger partial charge in [0.1, 0.15) is 6.61 Å². The summed E-state index contributed by atoms with van der Waals surface area (Å²) in [5, 5.41) is 2.51. The number of alkyl halides is 1. The van der Waals surface area contributed by atoms with Crippen LogP contribution in [0.3, 0.4) is 0 Å². The number of rotatable bonds is 4. The van der Waals surface area contributed by atoms with Crippen LogP contribution in [-0.2, 0) is 11.3 Å². The number of carbonyl (C=O) groups is 1. The zero-order valence-corrected chi connectivity index (χ0v) is 9.83. The van der Waals surface area contributed by atoms with E-state index in [-0.39, 0.29) is 13.4 Å². The second-order valence-electron chi connectivity index (χ2n) is 3.38. The van der Waals surface area contributed by atoms with Gasteiger partial charge in [-0.25, -0.2) is 4.79 Å². The molecule has 0 saturated heterocycles. The van der Waals surface area contributed by atoms with Crippen LogP contribution in [0.5, 0.6) is 11.5 Å². The minimum Gasteiger partial charge on any atom is -0.454 e. The maximum Gasteiger partial charge on any atom is 0.407 e. The average molecular weight is 258 g/mol. The van der Waals surface area contributed by atoms with Crippen LogP contribution < -0.4 is 14.8 Å². The maximum atomic E-state index is 11.2. The Kier molecular flexibility index (Phi) is 3.93. The minimum absolute atomic E-state index is 0.185. The molecule has 0 spiro atoms. The molecule has 0 aromatic heterocycles. The molecular weight excluding hydrogens is 246 g/mol. The third-order valence-corrected chi connectivity index (χ3v) is 2.36. The van der Waals surface area contributed by atoms with Crippen LogP contribution in [0.15, 0.2) is 18.2 Å². The van der Waals surface area contributed by atoms with Gasteiger partial charge in [0.2, 0.25) is 6.79 Å². The summed E-state index contributed by atoms with van der Waals surface area (Å²) in [4.78, 5) is 11.2. The van der Waals surface area contributed by atoms with Crippen LogP contribution in [0.2, 0.25) is 0 Å². The first-order valence-corrected chi connectivity index (χ1v) is 5.68. The smallest absolute Gasteiger partial charge is 0.407 e. The molecule has 1 N–H and O–H groups in total. The zero-order valence-electron chi connectivity index (χ0n) is 9.07. The molecule has 1 aromatic carbocycles. The van der Waals surface area contributed by atoms with Crippen molar-refractivity contribution in [3.63, 3.8) is 0 Å². The van der Waals surface area contributed by atoms with Crippen molar-refractivity contribution in [3.05, 3.63) is 23.8 Å². The van der Waals surface area contributed by atoms with Crippen LogP contribution in [0.25, 0.3) is 0 Å². The van der Waals surface area contributed by atoms with Gasteiger partial charge in [-0.1, -0.05) is 6.07 Å². The number of alkyl carbamates (subject to hydrolysis) is 1. The molecule has 5 nitrogen and oxygen atoms in total. The highest BCUT2D eigenvalue weighted by Gasteiger charge is 2.13. The normalized spacial score (nSPS) is 12.3. The summed E-state index contributed by atoms with van der Waals surface area (Å²) in [5.74, 6) is 1.74. The summed E-state index contributed by atoms with van der Waals surface area (Å²) in [6, 6.07) is 5.40. The van der Waals surface area contributed by atoms with Crippen molar-refractivity contribution < 1.29 is 19.0 Å². The molecule has 0 bridgehead atoms. The lowest BCUT2D eigenvalue weighted by Gasteiger charge is -2.06. The Hall–Kier alpha value is -1.62. The number of fused-ring (bicyclic) bond motifs is 1. The van der Waals surface area contributed by atoms with Crippen LogP contribution in [-0.4, -0.2) is 25.3 Å². The Balaban J connectivity index is 1.85. The van der Waals surface area contributed by atoms with E-state index in [9.17, 15) is 4.79 Å². The summed E-state index contributed by atoms with van der Waals surface area (Å²) >= 11 is 5.43. The molecule has 1 amide bonds. The fraction of sp³-hybridized carbons (Fsp3) is 0.364. The standard InChI is InChI=1S/C11H12ClNO4/c12-3-4-13-11(14)15-6-8-1-2-9-10(5-8)17-7-16-9/h1-2,5H,3-4,6-7H2,(H,13,14). The molecule has 0 aliphatic carbocycles. The van der Waals surface area contributed by atoms with Crippen molar-refractivity contribution in [1.29, 1.82) is 0 Å². The van der Waals surface area contributed by atoms with Gasteiger partial charge in [0.05, 0.1) is 0 Å². The molecule has 0 unspecified atom stereocenters. The van der Waals surface area contributed by atoms with Gasteiger partial charge in [-0.3, -0.25) is 0 Å². The first-order valence-electron chi connectivity index (χ1n) is 5.14. The van der Waals surface area contributed by atoms with Gasteiger partial charge in [-0.05, 0) is 17.7 Å². The summed E-state index contributed by atoms with van der Waals surface area (Å²) in [6.07, 6.45) is -0.483. The van der Waals surface area contributed by atoms with Gasteiger partial charge < -0.3 is 19.5 Å². The molecule has 1 heterocycles. The topological polar surface area (TPSA) is 56.8 Å². The molecule has 0 saturated carbocycles. The highest BCUT2D eigenvalue weighted by Crippen LogP contribution is 2.32. The molecule has 1 aliphatic rings. The van der Waals surface area contributed by atoms with Crippen molar-refractivity contribution in [2.75, 3.05) is 19.2 Å². The van der Waals surface area contributed by atoms with Crippen molar-refractivity contribution in [2.45, 2.75) is 6.61 Å². The third-order valence-electron chi connectivity index (χ3n) is 2.17. The van der Waals surface area contributed by atoms with E-state index < -0.39 is 6.09 Å². The number of benzene rings is 1. The molecule has 17 heavy (non-hydrogen) atoms. The third kappa shape index (κ3) is 3.17. The lowest BCUT2D eigenvalue weighted by molar-refractivity contribution is 0.140. The van der Waals surface area contributed by atoms with E-state index in [0.29, 0.717) is 23.9 Å². The van der Waals surface area contributed by atoms with Crippen molar-refractivity contribution in [1.82, 2.24) is 5.32 Å². The number of halogens is 1. The summed E-state index contributed by atoms with van der Waals surface area (Å²) < 4.78 is 15.4. The van der Waals surface area contributed by atoms with Gasteiger partial charge in [0.25, 0.3) is 0 Å². The quantitative estimate of drug-likeness (QED) is 0.837. The van der Waals surface area contributed by atoms with Gasteiger partial charge in [-0.2, -0.15) is 0 Å². The van der Waals surface area contributed by atoms with E-state index in [4.69, 9.17) is 25.8 Å². The van der Waals surface area contributed by atoms with E-state index >= 15 is 0 Å². The Morgan fingerprint density at radius 3 is 3.06 bits per heavy atom. The average Bonchev–Trinajstić information content (AvgIpc) is 2.81. The first kappa shape index (κ1) is 11.9. The van der Waals surface area contributed by atoms with E-state index in [2.05, 4.69) is 5.32 Å². The molecule has 1 aromatic rings. The van der Waals surface area contributed by atoms with Crippen LogP contribution in [0, 0.1) is 0 Å². The van der Waals surface area contributed by atoms with Crippen molar-refractivity contribution in [3.8, 4) is 11.5 Å². The Morgan fingerprint density at radius 1 is 1.41 bits per heavy atom. The van der Waals surface area contributed by atoms with Gasteiger partial charge >= 0.3 is 6.09 Å². The lowest BCUT2D eigenvalue weighted by Crippen LogP contribution is -2.25. The van der Waals surface area contributed by atoms with Gasteiger partial charge in [-0.15, -0.1) is 11.6 Å². The Morgan fingerprint density at radius 2 is 2.24 bits per heavy atom. The summed E-state index contributed by atoms with van der Waals surface area (Å²) in [6.45, 7) is 0.808. The second-order valence-corrected chi connectivity index (χ2v) is 3.76. The van der Waals surface area contributed by atoms with Crippen LogP contribution >= 0.6 is 11.6 Å². The number of carbonyl (C=O) groups excluding carboxylic acids is 1. The molecule has 1 aliphatic heterocycles. The van der Waals surface area contributed by atoms with Gasteiger partial charge in [0.15, 0.2) is 11.5 Å². The largest absolute Gasteiger partial charge is 0.454 e.